The number of nitrogens with one attached hydrogen (secondary N) is 1. The van der Waals surface area contributed by atoms with E-state index in [2.05, 4.69) is 39.3 Å². The Morgan fingerprint density at radius 1 is 1.11 bits per heavy atom. The van der Waals surface area contributed by atoms with E-state index in [-0.39, 0.29) is 0 Å². The monoisotopic (exact) mass is 270 g/mol. The summed E-state index contributed by atoms with van der Waals surface area (Å²) in [5.74, 6) is 2.30. The average Bonchev–Trinajstić information content (AvgIpc) is 2.28. The Morgan fingerprint density at radius 2 is 1.83 bits per heavy atom. The number of hydrogen-bond acceptors (Lipinski definition) is 7. The average molecular weight is 270 g/mol. The minimum atomic E-state index is 0.642. The SMILES string of the molecule is CCNc1nc(SCCN(C)C)nc(N(C)C)n1. The first-order valence-corrected chi connectivity index (χ1v) is 6.96. The molecule has 0 radical (unpaired) electrons. The lowest BCUT2D eigenvalue weighted by Gasteiger charge is -2.13. The largest absolute Gasteiger partial charge is 0.354 e. The van der Waals surface area contributed by atoms with Crippen molar-refractivity contribution < 1.29 is 0 Å². The molecule has 0 saturated carbocycles. The van der Waals surface area contributed by atoms with E-state index in [0.29, 0.717) is 11.9 Å². The van der Waals surface area contributed by atoms with Gasteiger partial charge in [-0.25, -0.2) is 0 Å². The van der Waals surface area contributed by atoms with E-state index in [1.807, 2.05) is 25.9 Å². The van der Waals surface area contributed by atoms with Crippen molar-refractivity contribution in [2.45, 2.75) is 12.1 Å². The highest BCUT2D eigenvalue weighted by atomic mass is 32.2. The molecule has 0 unspecified atom stereocenters. The van der Waals surface area contributed by atoms with Crippen LogP contribution in [-0.4, -0.2) is 66.9 Å². The Bertz CT molecular complexity index is 369. The van der Waals surface area contributed by atoms with Crippen LogP contribution in [0.5, 0.6) is 0 Å². The number of thioether (sulfide) groups is 1. The first-order chi connectivity index (χ1) is 8.52. The van der Waals surface area contributed by atoms with Crippen molar-refractivity contribution >= 4 is 23.7 Å². The van der Waals surface area contributed by atoms with Crippen LogP contribution >= 0.6 is 11.8 Å². The second-order valence-corrected chi connectivity index (χ2v) is 5.38. The Labute approximate surface area is 113 Å². The molecular formula is C11H22N6S. The zero-order chi connectivity index (χ0) is 13.5. The predicted molar refractivity (Wildman–Crippen MR) is 77.6 cm³/mol. The second-order valence-electron chi connectivity index (χ2n) is 4.32. The molecule has 0 fully saturated rings. The van der Waals surface area contributed by atoms with Crippen LogP contribution in [-0.2, 0) is 0 Å². The highest BCUT2D eigenvalue weighted by Gasteiger charge is 2.08. The topological polar surface area (TPSA) is 57.2 Å². The van der Waals surface area contributed by atoms with Gasteiger partial charge in [-0.15, -0.1) is 0 Å². The quantitative estimate of drug-likeness (QED) is 0.742. The zero-order valence-electron chi connectivity index (χ0n) is 11.8. The van der Waals surface area contributed by atoms with Gasteiger partial charge < -0.3 is 15.1 Å². The predicted octanol–water partition coefficient (Wildman–Crippen LogP) is 1.02. The number of anilines is 2. The van der Waals surface area contributed by atoms with Crippen LogP contribution in [0.3, 0.4) is 0 Å². The highest BCUT2D eigenvalue weighted by Crippen LogP contribution is 2.17. The molecular weight excluding hydrogens is 248 g/mol. The molecule has 1 aromatic heterocycles. The standard InChI is InChI=1S/C11H22N6S/c1-6-12-9-13-10(17(4)5)15-11(14-9)18-8-7-16(2)3/h6-8H2,1-5H3,(H,12,13,14,15). The smallest absolute Gasteiger partial charge is 0.230 e. The van der Waals surface area contributed by atoms with Gasteiger partial charge in [0, 0.05) is 32.9 Å². The number of nitrogens with zero attached hydrogens (tertiary/aromatic N) is 5. The second kappa shape index (κ2) is 7.38. The summed E-state index contributed by atoms with van der Waals surface area (Å²) < 4.78 is 0. The molecule has 1 rings (SSSR count). The molecule has 0 aliphatic rings. The lowest BCUT2D eigenvalue weighted by molar-refractivity contribution is 0.437. The van der Waals surface area contributed by atoms with Crippen molar-refractivity contribution in [2.24, 2.45) is 0 Å². The molecule has 0 aliphatic carbocycles. The summed E-state index contributed by atoms with van der Waals surface area (Å²) in [5, 5.41) is 3.90. The third kappa shape index (κ3) is 5.05. The molecule has 0 aliphatic heterocycles. The lowest BCUT2D eigenvalue weighted by atomic mass is 10.7. The van der Waals surface area contributed by atoms with Gasteiger partial charge in [0.25, 0.3) is 0 Å². The molecule has 102 valence electrons. The van der Waals surface area contributed by atoms with Gasteiger partial charge in [0.05, 0.1) is 0 Å². The zero-order valence-corrected chi connectivity index (χ0v) is 12.6. The third-order valence-electron chi connectivity index (χ3n) is 2.11. The van der Waals surface area contributed by atoms with Gasteiger partial charge in [0.15, 0.2) is 5.16 Å². The fraction of sp³-hybridized carbons (Fsp3) is 0.727. The maximum absolute atomic E-state index is 4.42. The maximum atomic E-state index is 4.42. The van der Waals surface area contributed by atoms with E-state index in [1.165, 1.54) is 0 Å². The number of hydrogen-bond donors (Lipinski definition) is 1. The summed E-state index contributed by atoms with van der Waals surface area (Å²) in [4.78, 5) is 17.2. The van der Waals surface area contributed by atoms with Crippen molar-refractivity contribution in [1.82, 2.24) is 19.9 Å². The fourth-order valence-corrected chi connectivity index (χ4v) is 2.10. The summed E-state index contributed by atoms with van der Waals surface area (Å²) >= 11 is 1.65. The molecule has 1 heterocycles. The molecule has 0 spiro atoms. The maximum Gasteiger partial charge on any atom is 0.230 e. The van der Waals surface area contributed by atoms with Crippen LogP contribution in [0.1, 0.15) is 6.92 Å². The van der Waals surface area contributed by atoms with Crippen molar-refractivity contribution in [1.29, 1.82) is 0 Å². The van der Waals surface area contributed by atoms with E-state index in [0.717, 1.165) is 24.0 Å². The third-order valence-corrected chi connectivity index (χ3v) is 2.94. The number of rotatable bonds is 7. The van der Waals surface area contributed by atoms with Crippen LogP contribution in [0.15, 0.2) is 5.16 Å². The molecule has 18 heavy (non-hydrogen) atoms. The Balaban J connectivity index is 2.75. The van der Waals surface area contributed by atoms with Gasteiger partial charge >= 0.3 is 0 Å². The van der Waals surface area contributed by atoms with E-state index in [9.17, 15) is 0 Å². The van der Waals surface area contributed by atoms with Gasteiger partial charge in [-0.05, 0) is 21.0 Å². The van der Waals surface area contributed by atoms with Gasteiger partial charge in [-0.2, -0.15) is 15.0 Å². The first-order valence-electron chi connectivity index (χ1n) is 5.97. The van der Waals surface area contributed by atoms with Gasteiger partial charge in [0.2, 0.25) is 11.9 Å². The normalized spacial score (nSPS) is 10.8. The molecule has 7 heteroatoms. The van der Waals surface area contributed by atoms with Crippen LogP contribution in [0.25, 0.3) is 0 Å². The van der Waals surface area contributed by atoms with Crippen LogP contribution in [0.2, 0.25) is 0 Å². The van der Waals surface area contributed by atoms with Crippen LogP contribution < -0.4 is 10.2 Å². The van der Waals surface area contributed by atoms with Crippen molar-refractivity contribution in [3.8, 4) is 0 Å². The number of aromatic nitrogens is 3. The molecule has 6 nitrogen and oxygen atoms in total. The molecule has 0 atom stereocenters. The van der Waals surface area contributed by atoms with E-state index in [4.69, 9.17) is 0 Å². The minimum absolute atomic E-state index is 0.642. The molecule has 1 N–H and O–H groups in total. The molecule has 0 saturated heterocycles. The summed E-state index contributed by atoms with van der Waals surface area (Å²) in [6.07, 6.45) is 0. The van der Waals surface area contributed by atoms with Crippen molar-refractivity contribution in [2.75, 3.05) is 57.2 Å². The van der Waals surface area contributed by atoms with Crippen molar-refractivity contribution in [3.05, 3.63) is 0 Å². The van der Waals surface area contributed by atoms with Crippen LogP contribution in [0, 0.1) is 0 Å². The van der Waals surface area contributed by atoms with Gasteiger partial charge in [0.1, 0.15) is 0 Å². The Morgan fingerprint density at radius 3 is 2.39 bits per heavy atom. The summed E-state index contributed by atoms with van der Waals surface area (Å²) in [6.45, 7) is 3.83. The molecule has 1 aromatic rings. The minimum Gasteiger partial charge on any atom is -0.354 e. The van der Waals surface area contributed by atoms with Crippen molar-refractivity contribution in [3.63, 3.8) is 0 Å². The first kappa shape index (κ1) is 15.0. The lowest BCUT2D eigenvalue weighted by Crippen LogP contribution is -2.17. The summed E-state index contributed by atoms with van der Waals surface area (Å²) in [7, 11) is 7.98. The Hall–Kier alpha value is -1.08. The molecule has 0 amide bonds. The summed E-state index contributed by atoms with van der Waals surface area (Å²) in [6, 6.07) is 0. The highest BCUT2D eigenvalue weighted by molar-refractivity contribution is 7.99. The Kier molecular flexibility index (Phi) is 6.14. The fourth-order valence-electron chi connectivity index (χ4n) is 1.17. The van der Waals surface area contributed by atoms with Gasteiger partial charge in [-0.1, -0.05) is 11.8 Å². The van der Waals surface area contributed by atoms with Crippen LogP contribution in [0.4, 0.5) is 11.9 Å². The molecule has 0 bridgehead atoms. The van der Waals surface area contributed by atoms with E-state index >= 15 is 0 Å². The summed E-state index contributed by atoms with van der Waals surface area (Å²) in [5.41, 5.74) is 0. The molecule has 0 aromatic carbocycles. The van der Waals surface area contributed by atoms with E-state index < -0.39 is 0 Å². The van der Waals surface area contributed by atoms with E-state index in [1.54, 1.807) is 11.8 Å². The van der Waals surface area contributed by atoms with Gasteiger partial charge in [-0.3, -0.25) is 0 Å².